The summed E-state index contributed by atoms with van der Waals surface area (Å²) in [4.78, 5) is 12.2. The topological polar surface area (TPSA) is 78.8 Å². The first-order valence-corrected chi connectivity index (χ1v) is 13.2. The predicted octanol–water partition coefficient (Wildman–Crippen LogP) is 8.12. The molecule has 2 bridgehead atoms. The van der Waals surface area contributed by atoms with Crippen LogP contribution in [-0.4, -0.2) is 22.8 Å². The van der Waals surface area contributed by atoms with Crippen LogP contribution in [0.4, 0.5) is 5.69 Å². The highest BCUT2D eigenvalue weighted by Gasteiger charge is 2.62. The van der Waals surface area contributed by atoms with Crippen LogP contribution in [0.5, 0.6) is 11.5 Å². The van der Waals surface area contributed by atoms with Gasteiger partial charge in [-0.3, -0.25) is 0 Å². The highest BCUT2D eigenvalue weighted by atomic mass is 35.5. The van der Waals surface area contributed by atoms with Crippen molar-refractivity contribution in [1.82, 2.24) is 0 Å². The number of unbranched alkanes of at least 4 members (excludes halogenated alkanes) is 1. The van der Waals surface area contributed by atoms with Crippen LogP contribution in [0.1, 0.15) is 87.2 Å². The smallest absolute Gasteiger partial charge is 0.339 e. The van der Waals surface area contributed by atoms with E-state index in [0.717, 1.165) is 36.9 Å². The number of rotatable bonds is 9. The third-order valence-corrected chi connectivity index (χ3v) is 9.40. The van der Waals surface area contributed by atoms with E-state index in [1.807, 2.05) is 6.07 Å². The van der Waals surface area contributed by atoms with Gasteiger partial charge >= 0.3 is 5.97 Å². The first-order valence-electron chi connectivity index (χ1n) is 12.4. The lowest BCUT2D eigenvalue weighted by Gasteiger charge is -2.40. The Kier molecular flexibility index (Phi) is 7.23. The van der Waals surface area contributed by atoms with Crippen LogP contribution < -0.4 is 10.1 Å². The molecule has 3 N–H and O–H groups in total. The number of aromatic carboxylic acids is 1. The zero-order chi connectivity index (χ0) is 25.5. The number of carboxylic acids is 1. The largest absolute Gasteiger partial charge is 0.506 e. The molecule has 2 saturated carbocycles. The Balaban J connectivity index is 1.81. The summed E-state index contributed by atoms with van der Waals surface area (Å²) >= 11 is 12.3. The van der Waals surface area contributed by atoms with Crippen LogP contribution in [0.2, 0.25) is 10.0 Å². The summed E-state index contributed by atoms with van der Waals surface area (Å²) in [6.07, 6.45) is 5.11. The first kappa shape index (κ1) is 26.0. The minimum atomic E-state index is -0.990. The third kappa shape index (κ3) is 4.46. The van der Waals surface area contributed by atoms with Gasteiger partial charge in [0.1, 0.15) is 17.1 Å². The maximum absolute atomic E-state index is 12.2. The van der Waals surface area contributed by atoms with Gasteiger partial charge in [0.2, 0.25) is 0 Å². The highest BCUT2D eigenvalue weighted by molar-refractivity contribution is 6.35. The molecule has 3 unspecified atom stereocenters. The maximum atomic E-state index is 12.2. The second-order valence-electron chi connectivity index (χ2n) is 10.8. The molecule has 0 heterocycles. The second kappa shape index (κ2) is 9.74. The van der Waals surface area contributed by atoms with Crippen molar-refractivity contribution in [3.8, 4) is 11.5 Å². The summed E-state index contributed by atoms with van der Waals surface area (Å²) < 4.78 is 6.25. The molecular formula is C28H35Cl2NO4. The maximum Gasteiger partial charge on any atom is 0.339 e. The molecule has 0 aromatic heterocycles. The molecule has 2 aromatic rings. The Morgan fingerprint density at radius 2 is 1.97 bits per heavy atom. The van der Waals surface area contributed by atoms with E-state index in [0.29, 0.717) is 28.9 Å². The summed E-state index contributed by atoms with van der Waals surface area (Å²) in [5.74, 6) is 0.207. The van der Waals surface area contributed by atoms with E-state index in [1.165, 1.54) is 12.5 Å². The summed E-state index contributed by atoms with van der Waals surface area (Å²) in [5, 5.41) is 24.6. The van der Waals surface area contributed by atoms with Crippen LogP contribution in [0.25, 0.3) is 0 Å². The van der Waals surface area contributed by atoms with Crippen LogP contribution in [0.3, 0.4) is 0 Å². The average molecular weight is 520 g/mol. The molecule has 2 aliphatic rings. The molecule has 2 aliphatic carbocycles. The number of fused-ring (bicyclic) bond motifs is 2. The third-order valence-electron chi connectivity index (χ3n) is 8.89. The highest BCUT2D eigenvalue weighted by Crippen LogP contribution is 2.72. The number of carbonyl (C=O) groups is 1. The lowest BCUT2D eigenvalue weighted by atomic mass is 9.64. The molecule has 190 valence electrons. The fourth-order valence-electron chi connectivity index (χ4n) is 6.33. The lowest BCUT2D eigenvalue weighted by Crippen LogP contribution is -2.32. The summed E-state index contributed by atoms with van der Waals surface area (Å²) in [7, 11) is 0. The standard InChI is InChI=1S/C28H35Cl2NO4/c1-5-6-11-35-25-19(26(33)34)7-8-22(31-15-16-12-18(29)14-21(30)24(16)32)23(25)20-13-17-9-10-28(20,4)27(17,2)3/h7-8,12,14,17,20,31-32H,5-6,9-11,13,15H2,1-4H3,(H,33,34). The molecule has 4 rings (SSSR count). The van der Waals surface area contributed by atoms with E-state index in [-0.39, 0.29) is 39.6 Å². The molecular weight excluding hydrogens is 485 g/mol. The van der Waals surface area contributed by atoms with Crippen molar-refractivity contribution in [2.24, 2.45) is 16.7 Å². The van der Waals surface area contributed by atoms with Gasteiger partial charge in [-0.05, 0) is 72.6 Å². The Morgan fingerprint density at radius 3 is 2.57 bits per heavy atom. The Hall–Kier alpha value is -2.11. The average Bonchev–Trinajstić information content (AvgIpc) is 3.14. The van der Waals surface area contributed by atoms with Gasteiger partial charge in [-0.15, -0.1) is 0 Å². The number of benzene rings is 2. The number of phenolic OH excluding ortho intramolecular Hbond substituents is 1. The molecule has 0 amide bonds. The van der Waals surface area contributed by atoms with Crippen LogP contribution >= 0.6 is 23.2 Å². The van der Waals surface area contributed by atoms with Gasteiger partial charge in [0.25, 0.3) is 0 Å². The molecule has 2 fully saturated rings. The molecule has 2 aromatic carbocycles. The van der Waals surface area contributed by atoms with Crippen molar-refractivity contribution in [3.05, 3.63) is 51.0 Å². The van der Waals surface area contributed by atoms with Gasteiger partial charge in [-0.1, -0.05) is 57.3 Å². The molecule has 0 spiro atoms. The molecule has 35 heavy (non-hydrogen) atoms. The van der Waals surface area contributed by atoms with Crippen molar-refractivity contribution in [3.63, 3.8) is 0 Å². The van der Waals surface area contributed by atoms with E-state index < -0.39 is 5.97 Å². The molecule has 7 heteroatoms. The Morgan fingerprint density at radius 1 is 1.23 bits per heavy atom. The van der Waals surface area contributed by atoms with E-state index >= 15 is 0 Å². The summed E-state index contributed by atoms with van der Waals surface area (Å²) in [6, 6.07) is 6.63. The number of aromatic hydroxyl groups is 1. The van der Waals surface area contributed by atoms with Crippen LogP contribution in [0.15, 0.2) is 24.3 Å². The SMILES string of the molecule is CCCCOc1c(C(=O)O)ccc(NCc2cc(Cl)cc(Cl)c2O)c1C1CC2CCC1(C)C2(C)C. The minimum absolute atomic E-state index is 0.0142. The molecule has 5 nitrogen and oxygen atoms in total. The number of carboxylic acid groups (broad SMARTS) is 1. The van der Waals surface area contributed by atoms with Crippen molar-refractivity contribution in [2.45, 2.75) is 72.3 Å². The Labute approximate surface area is 217 Å². The lowest BCUT2D eigenvalue weighted by molar-refractivity contribution is 0.0691. The van der Waals surface area contributed by atoms with Crippen molar-refractivity contribution in [2.75, 3.05) is 11.9 Å². The van der Waals surface area contributed by atoms with Gasteiger partial charge in [0.05, 0.1) is 11.6 Å². The van der Waals surface area contributed by atoms with Gasteiger partial charge < -0.3 is 20.3 Å². The van der Waals surface area contributed by atoms with Crippen molar-refractivity contribution < 1.29 is 19.7 Å². The normalized spacial score (nSPS) is 24.5. The van der Waals surface area contributed by atoms with Gasteiger partial charge in [-0.25, -0.2) is 4.79 Å². The van der Waals surface area contributed by atoms with E-state index in [9.17, 15) is 15.0 Å². The van der Waals surface area contributed by atoms with Crippen molar-refractivity contribution >= 4 is 34.9 Å². The van der Waals surface area contributed by atoms with Gasteiger partial charge in [0, 0.05) is 28.4 Å². The van der Waals surface area contributed by atoms with E-state index in [2.05, 4.69) is 33.0 Å². The Bertz CT molecular complexity index is 1130. The van der Waals surface area contributed by atoms with Crippen LogP contribution in [0, 0.1) is 16.7 Å². The summed E-state index contributed by atoms with van der Waals surface area (Å²) in [5.41, 5.74) is 2.70. The molecule has 0 aliphatic heterocycles. The summed E-state index contributed by atoms with van der Waals surface area (Å²) in [6.45, 7) is 9.89. The zero-order valence-corrected chi connectivity index (χ0v) is 22.4. The van der Waals surface area contributed by atoms with E-state index in [1.54, 1.807) is 12.1 Å². The number of hydrogen-bond acceptors (Lipinski definition) is 4. The number of anilines is 1. The molecule has 0 saturated heterocycles. The number of hydrogen-bond donors (Lipinski definition) is 3. The zero-order valence-electron chi connectivity index (χ0n) is 20.9. The number of halogens is 2. The molecule has 3 atom stereocenters. The number of nitrogens with one attached hydrogen (secondary N) is 1. The van der Waals surface area contributed by atoms with Crippen LogP contribution in [-0.2, 0) is 6.54 Å². The molecule has 0 radical (unpaired) electrons. The van der Waals surface area contributed by atoms with E-state index in [4.69, 9.17) is 27.9 Å². The van der Waals surface area contributed by atoms with Gasteiger partial charge in [0.15, 0.2) is 0 Å². The first-order chi connectivity index (χ1) is 16.5. The van der Waals surface area contributed by atoms with Crippen molar-refractivity contribution in [1.29, 1.82) is 0 Å². The predicted molar refractivity (Wildman–Crippen MR) is 141 cm³/mol. The number of phenols is 1. The van der Waals surface area contributed by atoms with Gasteiger partial charge in [-0.2, -0.15) is 0 Å². The monoisotopic (exact) mass is 519 g/mol. The second-order valence-corrected chi connectivity index (χ2v) is 11.7. The fraction of sp³-hybridized carbons (Fsp3) is 0.536. The fourth-order valence-corrected chi connectivity index (χ4v) is 6.86. The quantitative estimate of drug-likeness (QED) is 0.291. The minimum Gasteiger partial charge on any atom is -0.506 e. The number of ether oxygens (including phenoxy) is 1.